The van der Waals surface area contributed by atoms with Crippen molar-refractivity contribution in [3.05, 3.63) is 64.0 Å². The Hall–Kier alpha value is -2.38. The molecule has 6 nitrogen and oxygen atoms in total. The number of furan rings is 1. The van der Waals surface area contributed by atoms with Crippen molar-refractivity contribution in [3.63, 3.8) is 0 Å². The number of nitrogens with zero attached hydrogens (tertiary/aromatic N) is 3. The van der Waals surface area contributed by atoms with E-state index >= 15 is 0 Å². The van der Waals surface area contributed by atoms with Gasteiger partial charge in [-0.1, -0.05) is 23.7 Å². The van der Waals surface area contributed by atoms with Crippen molar-refractivity contribution in [3.8, 4) is 5.75 Å². The van der Waals surface area contributed by atoms with Crippen molar-refractivity contribution in [2.24, 2.45) is 5.10 Å². The zero-order valence-corrected chi connectivity index (χ0v) is 12.8. The fourth-order valence-electron chi connectivity index (χ4n) is 1.70. The van der Waals surface area contributed by atoms with Crippen LogP contribution in [0.3, 0.4) is 0 Å². The van der Waals surface area contributed by atoms with Gasteiger partial charge in [-0.25, -0.2) is 0 Å². The van der Waals surface area contributed by atoms with Crippen LogP contribution in [0, 0.1) is 4.77 Å². The van der Waals surface area contributed by atoms with Crippen molar-refractivity contribution in [1.29, 1.82) is 0 Å². The van der Waals surface area contributed by atoms with Gasteiger partial charge in [-0.3, -0.25) is 5.10 Å². The van der Waals surface area contributed by atoms with Crippen LogP contribution in [-0.4, -0.2) is 21.1 Å². The van der Waals surface area contributed by atoms with Gasteiger partial charge in [0.1, 0.15) is 30.2 Å². The number of nitrogens with one attached hydrogen (secondary N) is 1. The number of hydrogen-bond donors (Lipinski definition) is 1. The second-order valence-corrected chi connectivity index (χ2v) is 5.07. The highest BCUT2D eigenvalue weighted by molar-refractivity contribution is 7.71. The van der Waals surface area contributed by atoms with E-state index in [0.717, 1.165) is 0 Å². The molecule has 0 bridgehead atoms. The van der Waals surface area contributed by atoms with Crippen LogP contribution in [0.25, 0.3) is 0 Å². The summed E-state index contributed by atoms with van der Waals surface area (Å²) in [7, 11) is 0. The fourth-order valence-corrected chi connectivity index (χ4v) is 2.03. The first-order valence-electron chi connectivity index (χ1n) is 6.35. The summed E-state index contributed by atoms with van der Waals surface area (Å²) in [5.74, 6) is 1.86. The maximum atomic E-state index is 6.02. The summed E-state index contributed by atoms with van der Waals surface area (Å²) >= 11 is 11.0. The zero-order chi connectivity index (χ0) is 15.4. The van der Waals surface area contributed by atoms with Crippen molar-refractivity contribution < 1.29 is 9.15 Å². The van der Waals surface area contributed by atoms with E-state index in [4.69, 9.17) is 33.0 Å². The molecule has 1 aromatic carbocycles. The van der Waals surface area contributed by atoms with Gasteiger partial charge in [-0.2, -0.15) is 14.9 Å². The molecule has 22 heavy (non-hydrogen) atoms. The molecule has 1 N–H and O–H groups in total. The molecule has 0 radical (unpaired) electrons. The minimum atomic E-state index is 0.280. The number of hydrogen-bond acceptors (Lipinski definition) is 5. The van der Waals surface area contributed by atoms with Crippen LogP contribution in [0.1, 0.15) is 11.5 Å². The summed E-state index contributed by atoms with van der Waals surface area (Å²) < 4.78 is 13.0. The maximum absolute atomic E-state index is 6.02. The average molecular weight is 335 g/mol. The van der Waals surface area contributed by atoms with Crippen LogP contribution in [-0.2, 0) is 6.61 Å². The average Bonchev–Trinajstić information content (AvgIpc) is 3.13. The Balaban J connectivity index is 1.64. The maximum Gasteiger partial charge on any atom is 0.216 e. The van der Waals surface area contributed by atoms with Crippen LogP contribution in [0.2, 0.25) is 5.02 Å². The van der Waals surface area contributed by atoms with E-state index in [1.807, 2.05) is 18.2 Å². The largest absolute Gasteiger partial charge is 0.484 e. The Bertz CT molecular complexity index is 852. The van der Waals surface area contributed by atoms with Crippen LogP contribution in [0.4, 0.5) is 0 Å². The van der Waals surface area contributed by atoms with Crippen LogP contribution >= 0.6 is 23.8 Å². The lowest BCUT2D eigenvalue weighted by Gasteiger charge is -2.05. The van der Waals surface area contributed by atoms with Crippen molar-refractivity contribution in [2.45, 2.75) is 6.61 Å². The van der Waals surface area contributed by atoms with E-state index in [1.165, 1.54) is 11.0 Å². The third-order valence-corrected chi connectivity index (χ3v) is 3.32. The molecule has 0 unspecified atom stereocenters. The Morgan fingerprint density at radius 3 is 3.00 bits per heavy atom. The van der Waals surface area contributed by atoms with Crippen molar-refractivity contribution in [2.75, 3.05) is 0 Å². The SMILES string of the molecule is S=c1[nH]ncn1/N=C/c1ccc(COc2ccccc2Cl)o1. The van der Waals surface area contributed by atoms with Crippen LogP contribution in [0.5, 0.6) is 5.75 Å². The van der Waals surface area contributed by atoms with E-state index in [1.54, 1.807) is 24.4 Å². The third kappa shape index (κ3) is 3.44. The predicted octanol–water partition coefficient (Wildman–Crippen LogP) is 3.65. The molecule has 3 aromatic rings. The van der Waals surface area contributed by atoms with E-state index in [2.05, 4.69) is 15.3 Å². The van der Waals surface area contributed by atoms with Gasteiger partial charge in [0.15, 0.2) is 0 Å². The lowest BCUT2D eigenvalue weighted by molar-refractivity contribution is 0.270. The Morgan fingerprint density at radius 1 is 1.36 bits per heavy atom. The number of ether oxygens (including phenoxy) is 1. The number of aromatic amines is 1. The lowest BCUT2D eigenvalue weighted by Crippen LogP contribution is -1.94. The number of rotatable bonds is 5. The Labute approximate surface area is 136 Å². The van der Waals surface area contributed by atoms with Gasteiger partial charge in [-0.05, 0) is 36.5 Å². The lowest BCUT2D eigenvalue weighted by atomic mass is 10.3. The first-order valence-corrected chi connectivity index (χ1v) is 7.13. The predicted molar refractivity (Wildman–Crippen MR) is 84.9 cm³/mol. The number of benzene rings is 1. The minimum Gasteiger partial charge on any atom is -0.484 e. The zero-order valence-electron chi connectivity index (χ0n) is 11.3. The number of para-hydroxylation sites is 1. The molecule has 0 spiro atoms. The molecule has 8 heteroatoms. The highest BCUT2D eigenvalue weighted by atomic mass is 35.5. The standard InChI is InChI=1S/C14H11ClN4O2S/c15-12-3-1-2-4-13(12)20-8-11-6-5-10(21-11)7-17-19-9-16-18-14(19)22/h1-7,9H,8H2,(H,18,22)/b17-7+. The van der Waals surface area contributed by atoms with Crippen LogP contribution < -0.4 is 4.74 Å². The number of aromatic nitrogens is 3. The number of halogens is 1. The molecule has 2 aromatic heterocycles. The first-order chi connectivity index (χ1) is 10.7. The second-order valence-electron chi connectivity index (χ2n) is 4.27. The summed E-state index contributed by atoms with van der Waals surface area (Å²) in [6.07, 6.45) is 3.02. The van der Waals surface area contributed by atoms with Gasteiger partial charge < -0.3 is 9.15 Å². The quantitative estimate of drug-likeness (QED) is 0.571. The molecule has 0 saturated heterocycles. The molecular formula is C14H11ClN4O2S. The molecule has 0 amide bonds. The molecule has 112 valence electrons. The summed E-state index contributed by atoms with van der Waals surface area (Å²) in [6, 6.07) is 10.9. The molecule has 2 heterocycles. The summed E-state index contributed by atoms with van der Waals surface area (Å²) in [4.78, 5) is 0. The van der Waals surface area contributed by atoms with Crippen molar-refractivity contribution >= 4 is 30.0 Å². The van der Waals surface area contributed by atoms with Gasteiger partial charge in [-0.15, -0.1) is 0 Å². The molecular weight excluding hydrogens is 324 g/mol. The summed E-state index contributed by atoms with van der Waals surface area (Å²) in [5, 5.41) is 11.1. The fraction of sp³-hybridized carbons (Fsp3) is 0.0714. The summed E-state index contributed by atoms with van der Waals surface area (Å²) in [6.45, 7) is 0.280. The Morgan fingerprint density at radius 2 is 2.23 bits per heavy atom. The smallest absolute Gasteiger partial charge is 0.216 e. The van der Waals surface area contributed by atoms with Gasteiger partial charge in [0, 0.05) is 0 Å². The van der Waals surface area contributed by atoms with Gasteiger partial charge in [0.05, 0.1) is 11.2 Å². The Kier molecular flexibility index (Phi) is 4.36. The monoisotopic (exact) mass is 334 g/mol. The molecule has 0 atom stereocenters. The highest BCUT2D eigenvalue weighted by Gasteiger charge is 2.04. The van der Waals surface area contributed by atoms with Gasteiger partial charge >= 0.3 is 0 Å². The van der Waals surface area contributed by atoms with Gasteiger partial charge in [0.2, 0.25) is 4.77 Å². The third-order valence-electron chi connectivity index (χ3n) is 2.73. The number of H-pyrrole nitrogens is 1. The second kappa shape index (κ2) is 6.59. The van der Waals surface area contributed by atoms with E-state index in [9.17, 15) is 0 Å². The van der Waals surface area contributed by atoms with Gasteiger partial charge in [0.25, 0.3) is 0 Å². The first kappa shape index (κ1) is 14.6. The topological polar surface area (TPSA) is 68.3 Å². The molecule has 0 saturated carbocycles. The minimum absolute atomic E-state index is 0.280. The van der Waals surface area contributed by atoms with E-state index < -0.39 is 0 Å². The molecule has 0 aliphatic carbocycles. The molecule has 0 fully saturated rings. The van der Waals surface area contributed by atoms with Crippen LogP contribution in [0.15, 0.2) is 52.2 Å². The molecule has 0 aliphatic heterocycles. The molecule has 0 aliphatic rings. The van der Waals surface area contributed by atoms with Crippen molar-refractivity contribution in [1.82, 2.24) is 14.9 Å². The normalized spacial score (nSPS) is 11.1. The highest BCUT2D eigenvalue weighted by Crippen LogP contribution is 2.24. The molecule has 3 rings (SSSR count). The van der Waals surface area contributed by atoms with E-state index in [0.29, 0.717) is 27.1 Å². The van der Waals surface area contributed by atoms with E-state index in [-0.39, 0.29) is 6.61 Å². The summed E-state index contributed by atoms with van der Waals surface area (Å²) in [5.41, 5.74) is 0.